The van der Waals surface area contributed by atoms with Crippen molar-refractivity contribution in [2.24, 2.45) is 0 Å². The average molecular weight is 633 g/mol. The molecule has 2 atom stereocenters. The topological polar surface area (TPSA) is 119 Å². The number of nitrogens with one attached hydrogen (secondary N) is 2. The molecular formula is C35H44N4O5S. The third-order valence-corrected chi connectivity index (χ3v) is 8.47. The van der Waals surface area contributed by atoms with Crippen LogP contribution in [0.5, 0.6) is 0 Å². The molecule has 0 aliphatic heterocycles. The van der Waals surface area contributed by atoms with E-state index in [1.807, 2.05) is 50.2 Å². The van der Waals surface area contributed by atoms with Crippen LogP contribution in [0, 0.1) is 12.3 Å². The number of terminal acetylenes is 1. The average Bonchev–Trinajstić information content (AvgIpc) is 3.03. The number of hydrazine groups is 1. The van der Waals surface area contributed by atoms with Crippen LogP contribution in [-0.2, 0) is 22.2 Å². The Kier molecular flexibility index (Phi) is 13.8. The van der Waals surface area contributed by atoms with Gasteiger partial charge < -0.3 is 15.3 Å². The van der Waals surface area contributed by atoms with Gasteiger partial charge in [-0.2, -0.15) is 0 Å². The van der Waals surface area contributed by atoms with E-state index in [1.165, 1.54) is 17.1 Å². The number of amides is 2. The maximum Gasteiger partial charge on any atom is 0.253 e. The van der Waals surface area contributed by atoms with Gasteiger partial charge in [0, 0.05) is 42.9 Å². The molecule has 0 saturated carbocycles. The first kappa shape index (κ1) is 35.5. The summed E-state index contributed by atoms with van der Waals surface area (Å²) in [4.78, 5) is 31.3. The Bertz CT molecular complexity index is 1540. The van der Waals surface area contributed by atoms with Crippen LogP contribution in [0.2, 0.25) is 0 Å². The lowest BCUT2D eigenvalue weighted by Gasteiger charge is -2.30. The maximum atomic E-state index is 13.7. The summed E-state index contributed by atoms with van der Waals surface area (Å²) in [5, 5.41) is 15.7. The van der Waals surface area contributed by atoms with E-state index in [-0.39, 0.29) is 36.7 Å². The van der Waals surface area contributed by atoms with Crippen molar-refractivity contribution < 1.29 is 23.1 Å². The third-order valence-electron chi connectivity index (χ3n) is 7.22. The summed E-state index contributed by atoms with van der Waals surface area (Å²) in [6.45, 7) is 7.13. The number of carbonyl (C=O) groups is 2. The van der Waals surface area contributed by atoms with Crippen molar-refractivity contribution in [2.45, 2.75) is 57.9 Å². The molecule has 0 aliphatic carbocycles. The SMILES string of the molecule is C#Cc1cc(C(=O)NC(Cc2ccccc2)C(O)CN(CC)NS(=O)(=O)Cc2ccccc2)cc(C(=O)N(CCC)CCC)c1. The van der Waals surface area contributed by atoms with Gasteiger partial charge in [-0.25, -0.2) is 13.4 Å². The zero-order valence-corrected chi connectivity index (χ0v) is 27.1. The van der Waals surface area contributed by atoms with Gasteiger partial charge in [0.05, 0.1) is 17.9 Å². The van der Waals surface area contributed by atoms with Crippen molar-refractivity contribution in [1.29, 1.82) is 0 Å². The van der Waals surface area contributed by atoms with Crippen LogP contribution in [0.25, 0.3) is 0 Å². The molecule has 9 nitrogen and oxygen atoms in total. The highest BCUT2D eigenvalue weighted by atomic mass is 32.2. The second-order valence-electron chi connectivity index (χ2n) is 10.9. The normalized spacial score (nSPS) is 12.7. The number of aliphatic hydroxyl groups excluding tert-OH is 1. The Morgan fingerprint density at radius 2 is 1.47 bits per heavy atom. The Morgan fingerprint density at radius 1 is 0.889 bits per heavy atom. The molecule has 240 valence electrons. The first-order valence-corrected chi connectivity index (χ1v) is 17.0. The molecule has 45 heavy (non-hydrogen) atoms. The van der Waals surface area contributed by atoms with Crippen molar-refractivity contribution in [1.82, 2.24) is 20.1 Å². The van der Waals surface area contributed by atoms with Gasteiger partial charge in [0.15, 0.2) is 0 Å². The van der Waals surface area contributed by atoms with E-state index in [4.69, 9.17) is 6.42 Å². The molecule has 3 aromatic carbocycles. The van der Waals surface area contributed by atoms with Crippen LogP contribution >= 0.6 is 0 Å². The van der Waals surface area contributed by atoms with Crippen LogP contribution in [0.15, 0.2) is 78.9 Å². The molecule has 0 fully saturated rings. The fourth-order valence-electron chi connectivity index (χ4n) is 5.01. The largest absolute Gasteiger partial charge is 0.390 e. The van der Waals surface area contributed by atoms with E-state index < -0.39 is 28.1 Å². The van der Waals surface area contributed by atoms with E-state index in [0.717, 1.165) is 18.4 Å². The lowest BCUT2D eigenvalue weighted by atomic mass is 9.99. The summed E-state index contributed by atoms with van der Waals surface area (Å²) in [6, 6.07) is 22.1. The van der Waals surface area contributed by atoms with Crippen LogP contribution in [0.3, 0.4) is 0 Å². The molecule has 3 rings (SSSR count). The number of likely N-dealkylation sites (N-methyl/N-ethyl adjacent to an activating group) is 1. The molecule has 0 aromatic heterocycles. The van der Waals surface area contributed by atoms with Gasteiger partial charge in [-0.1, -0.05) is 87.4 Å². The smallest absolute Gasteiger partial charge is 0.253 e. The highest BCUT2D eigenvalue weighted by Gasteiger charge is 2.27. The highest BCUT2D eigenvalue weighted by Crippen LogP contribution is 2.16. The molecular weight excluding hydrogens is 588 g/mol. The Balaban J connectivity index is 1.84. The lowest BCUT2D eigenvalue weighted by Crippen LogP contribution is -2.53. The number of sulfonamides is 1. The van der Waals surface area contributed by atoms with Crippen molar-refractivity contribution in [3.05, 3.63) is 107 Å². The van der Waals surface area contributed by atoms with Gasteiger partial charge >= 0.3 is 0 Å². The minimum absolute atomic E-state index is 0.0839. The second-order valence-corrected chi connectivity index (χ2v) is 12.6. The quantitative estimate of drug-likeness (QED) is 0.153. The molecule has 0 saturated heterocycles. The summed E-state index contributed by atoms with van der Waals surface area (Å²) in [5.41, 5.74) is 2.42. The fraction of sp³-hybridized carbons (Fsp3) is 0.371. The minimum atomic E-state index is -3.76. The number of carbonyl (C=O) groups excluding carboxylic acids is 2. The van der Waals surface area contributed by atoms with E-state index >= 15 is 0 Å². The van der Waals surface area contributed by atoms with Gasteiger partial charge in [0.2, 0.25) is 10.0 Å². The zero-order chi connectivity index (χ0) is 32.8. The molecule has 10 heteroatoms. The molecule has 0 bridgehead atoms. The number of nitrogens with zero attached hydrogens (tertiary/aromatic N) is 2. The molecule has 0 heterocycles. The van der Waals surface area contributed by atoms with E-state index in [0.29, 0.717) is 29.8 Å². The van der Waals surface area contributed by atoms with Crippen molar-refractivity contribution in [2.75, 3.05) is 26.2 Å². The standard InChI is InChI=1S/C35H44N4O5S/c1-5-19-38(20-6-2)35(42)31-22-27(7-3)21-30(24-31)34(41)36-32(23-28-15-11-9-12-16-28)33(40)25-39(8-4)37-45(43,44)26-29-17-13-10-14-18-29/h3,9-18,21-22,24,32-33,37,40H,5-6,8,19-20,23,25-26H2,1-2,4H3,(H,36,41). The third kappa shape index (κ3) is 11.1. The van der Waals surface area contributed by atoms with E-state index in [1.54, 1.807) is 42.2 Å². The maximum absolute atomic E-state index is 13.7. The Morgan fingerprint density at radius 3 is 2.02 bits per heavy atom. The first-order valence-electron chi connectivity index (χ1n) is 15.3. The number of hydrogen-bond acceptors (Lipinski definition) is 6. The highest BCUT2D eigenvalue weighted by molar-refractivity contribution is 7.88. The predicted octanol–water partition coefficient (Wildman–Crippen LogP) is 3.99. The number of benzene rings is 3. The van der Waals surface area contributed by atoms with Gasteiger partial charge in [-0.3, -0.25) is 9.59 Å². The van der Waals surface area contributed by atoms with Crippen LogP contribution < -0.4 is 10.1 Å². The van der Waals surface area contributed by atoms with Crippen molar-refractivity contribution >= 4 is 21.8 Å². The fourth-order valence-corrected chi connectivity index (χ4v) is 6.31. The molecule has 0 aliphatic rings. The minimum Gasteiger partial charge on any atom is -0.390 e. The van der Waals surface area contributed by atoms with Crippen LogP contribution in [0.4, 0.5) is 0 Å². The summed E-state index contributed by atoms with van der Waals surface area (Å²) < 4.78 is 25.8. The Hall–Kier alpha value is -4.01. The summed E-state index contributed by atoms with van der Waals surface area (Å²) in [5.74, 6) is 1.61. The lowest BCUT2D eigenvalue weighted by molar-refractivity contribution is 0.0635. The monoisotopic (exact) mass is 632 g/mol. The summed E-state index contributed by atoms with van der Waals surface area (Å²) in [7, 11) is -3.76. The Labute approximate surface area is 267 Å². The summed E-state index contributed by atoms with van der Waals surface area (Å²) >= 11 is 0. The van der Waals surface area contributed by atoms with Crippen LogP contribution in [0.1, 0.15) is 71.0 Å². The van der Waals surface area contributed by atoms with E-state index in [2.05, 4.69) is 16.1 Å². The number of rotatable bonds is 17. The van der Waals surface area contributed by atoms with Gasteiger partial charge in [-0.15, -0.1) is 11.3 Å². The van der Waals surface area contributed by atoms with Gasteiger partial charge in [-0.05, 0) is 48.6 Å². The van der Waals surface area contributed by atoms with Gasteiger partial charge in [0.1, 0.15) is 0 Å². The predicted molar refractivity (Wildman–Crippen MR) is 178 cm³/mol. The van der Waals surface area contributed by atoms with Crippen molar-refractivity contribution in [3.63, 3.8) is 0 Å². The molecule has 3 aromatic rings. The second kappa shape index (κ2) is 17.5. The molecule has 2 unspecified atom stereocenters. The number of aliphatic hydroxyl groups is 1. The van der Waals surface area contributed by atoms with Gasteiger partial charge in [0.25, 0.3) is 11.8 Å². The van der Waals surface area contributed by atoms with E-state index in [9.17, 15) is 23.1 Å². The van der Waals surface area contributed by atoms with Crippen molar-refractivity contribution in [3.8, 4) is 12.3 Å². The molecule has 0 radical (unpaired) electrons. The summed E-state index contributed by atoms with van der Waals surface area (Å²) in [6.07, 6.45) is 6.41. The first-order chi connectivity index (χ1) is 21.6. The number of hydrogen-bond donors (Lipinski definition) is 3. The zero-order valence-electron chi connectivity index (χ0n) is 26.3. The molecule has 0 spiro atoms. The van der Waals surface area contributed by atoms with Crippen LogP contribution in [-0.4, -0.2) is 73.6 Å². The molecule has 2 amide bonds. The molecule has 3 N–H and O–H groups in total.